The summed E-state index contributed by atoms with van der Waals surface area (Å²) in [5.74, 6) is -4.28. The average molecular weight is 563 g/mol. The molecule has 3 rings (SSSR count). The molecule has 0 fully saturated rings. The standard InChI is InChI=1S/C19H13ClF5N5O3.2ClH/c20-11-4-13(22)12(21)3-10(11)17(31)28-15-5-14(29-30-15)18(32)27-7-9-1-2-16(26-6-9)33-8-19(23,24)25;;/h1-6H,7-8H2,(H,27,32)(H2,28,29,30,31);2*1H. The molecule has 0 aliphatic rings. The largest absolute Gasteiger partial charge is 0.468 e. The van der Waals surface area contributed by atoms with E-state index in [9.17, 15) is 31.5 Å². The first kappa shape index (κ1) is 29.9. The van der Waals surface area contributed by atoms with Gasteiger partial charge in [-0.15, -0.1) is 24.8 Å². The van der Waals surface area contributed by atoms with Crippen LogP contribution in [0.25, 0.3) is 0 Å². The van der Waals surface area contributed by atoms with Crippen molar-refractivity contribution in [3.8, 4) is 5.88 Å². The van der Waals surface area contributed by atoms with Gasteiger partial charge in [-0.25, -0.2) is 13.8 Å². The first-order chi connectivity index (χ1) is 15.5. The normalized spacial score (nSPS) is 10.6. The van der Waals surface area contributed by atoms with Gasteiger partial charge in [0.25, 0.3) is 11.8 Å². The van der Waals surface area contributed by atoms with Gasteiger partial charge >= 0.3 is 6.18 Å². The first-order valence-corrected chi connectivity index (χ1v) is 9.33. The van der Waals surface area contributed by atoms with E-state index in [0.717, 1.165) is 0 Å². The van der Waals surface area contributed by atoms with Crippen LogP contribution >= 0.6 is 36.4 Å². The molecule has 2 aromatic heterocycles. The highest BCUT2D eigenvalue weighted by atomic mass is 35.5. The van der Waals surface area contributed by atoms with Gasteiger partial charge in [-0.05, 0) is 17.7 Å². The zero-order valence-corrected chi connectivity index (χ0v) is 19.5. The number of H-pyrrole nitrogens is 1. The number of pyridine rings is 1. The highest BCUT2D eigenvalue weighted by Crippen LogP contribution is 2.21. The van der Waals surface area contributed by atoms with Crippen molar-refractivity contribution in [3.63, 3.8) is 0 Å². The highest BCUT2D eigenvalue weighted by Gasteiger charge is 2.28. The molecule has 190 valence electrons. The molecule has 0 unspecified atom stereocenters. The Labute approximate surface area is 211 Å². The Bertz CT molecular complexity index is 1180. The number of hydrogen-bond donors (Lipinski definition) is 3. The summed E-state index contributed by atoms with van der Waals surface area (Å²) in [6.45, 7) is -1.49. The van der Waals surface area contributed by atoms with Gasteiger partial charge in [0.05, 0.1) is 10.6 Å². The van der Waals surface area contributed by atoms with Gasteiger partial charge in [0.15, 0.2) is 24.1 Å². The fourth-order valence-electron chi connectivity index (χ4n) is 2.42. The third-order valence-electron chi connectivity index (χ3n) is 3.95. The van der Waals surface area contributed by atoms with Crippen molar-refractivity contribution in [1.82, 2.24) is 20.5 Å². The van der Waals surface area contributed by atoms with Gasteiger partial charge in [0, 0.05) is 24.9 Å². The summed E-state index contributed by atoms with van der Waals surface area (Å²) in [5.41, 5.74) is 0.100. The molecule has 0 spiro atoms. The topological polar surface area (TPSA) is 109 Å². The number of nitrogens with zero attached hydrogens (tertiary/aromatic N) is 2. The van der Waals surface area contributed by atoms with E-state index in [4.69, 9.17) is 11.6 Å². The van der Waals surface area contributed by atoms with Crippen molar-refractivity contribution in [3.05, 3.63) is 70.0 Å². The predicted octanol–water partition coefficient (Wildman–Crippen LogP) is 4.70. The number of amides is 2. The van der Waals surface area contributed by atoms with Gasteiger partial charge in [0.2, 0.25) is 5.88 Å². The summed E-state index contributed by atoms with van der Waals surface area (Å²) in [4.78, 5) is 28.1. The van der Waals surface area contributed by atoms with E-state index in [1.807, 2.05) is 0 Å². The Kier molecular flexibility index (Phi) is 10.7. The minimum Gasteiger partial charge on any atom is -0.468 e. The van der Waals surface area contributed by atoms with E-state index in [-0.39, 0.29) is 59.3 Å². The number of alkyl halides is 3. The summed E-state index contributed by atoms with van der Waals surface area (Å²) in [7, 11) is 0. The number of carbonyl (C=O) groups excluding carboxylic acids is 2. The fraction of sp³-hybridized carbons (Fsp3) is 0.158. The molecule has 16 heteroatoms. The highest BCUT2D eigenvalue weighted by molar-refractivity contribution is 6.34. The van der Waals surface area contributed by atoms with Crippen LogP contribution in [0.4, 0.5) is 27.8 Å². The van der Waals surface area contributed by atoms with Crippen molar-refractivity contribution in [2.75, 3.05) is 11.9 Å². The van der Waals surface area contributed by atoms with E-state index in [1.165, 1.54) is 24.4 Å². The third kappa shape index (κ3) is 8.53. The van der Waals surface area contributed by atoms with E-state index in [0.29, 0.717) is 17.7 Å². The molecule has 3 N–H and O–H groups in total. The maximum atomic E-state index is 13.4. The van der Waals surface area contributed by atoms with Gasteiger partial charge in [-0.2, -0.15) is 18.3 Å². The zero-order chi connectivity index (χ0) is 24.2. The second-order valence-electron chi connectivity index (χ2n) is 6.46. The number of ether oxygens (including phenoxy) is 1. The van der Waals surface area contributed by atoms with Crippen LogP contribution in [-0.4, -0.2) is 39.8 Å². The molecule has 0 aliphatic heterocycles. The van der Waals surface area contributed by atoms with Crippen LogP contribution in [0, 0.1) is 11.6 Å². The maximum absolute atomic E-state index is 13.4. The van der Waals surface area contributed by atoms with E-state index in [2.05, 4.69) is 30.6 Å². The quantitative estimate of drug-likeness (QED) is 0.286. The lowest BCUT2D eigenvalue weighted by Gasteiger charge is -2.09. The molecule has 2 amide bonds. The Morgan fingerprint density at radius 2 is 1.74 bits per heavy atom. The number of carbonyl (C=O) groups is 2. The SMILES string of the molecule is Cl.Cl.O=C(NCc1ccc(OCC(F)(F)F)nc1)c1cc(NC(=O)c2cc(F)c(F)cc2Cl)n[nH]1. The van der Waals surface area contributed by atoms with E-state index in [1.54, 1.807) is 0 Å². The minimum absolute atomic E-state index is 0. The summed E-state index contributed by atoms with van der Waals surface area (Å²) >= 11 is 5.74. The molecule has 8 nitrogen and oxygen atoms in total. The van der Waals surface area contributed by atoms with Crippen molar-refractivity contribution in [2.24, 2.45) is 0 Å². The lowest BCUT2D eigenvalue weighted by Crippen LogP contribution is -2.23. The average Bonchev–Trinajstić information content (AvgIpc) is 3.21. The van der Waals surface area contributed by atoms with Gasteiger partial charge < -0.3 is 15.4 Å². The fourth-order valence-corrected chi connectivity index (χ4v) is 2.65. The lowest BCUT2D eigenvalue weighted by molar-refractivity contribution is -0.154. The number of hydrogen-bond acceptors (Lipinski definition) is 5. The smallest absolute Gasteiger partial charge is 0.422 e. The van der Waals surface area contributed by atoms with Gasteiger partial charge in [-0.3, -0.25) is 14.7 Å². The number of anilines is 1. The molecule has 0 bridgehead atoms. The molecular weight excluding hydrogens is 548 g/mol. The molecule has 0 saturated carbocycles. The molecule has 3 aromatic rings. The van der Waals surface area contributed by atoms with Crippen molar-refractivity contribution in [1.29, 1.82) is 0 Å². The number of nitrogens with one attached hydrogen (secondary N) is 3. The number of aromatic nitrogens is 3. The summed E-state index contributed by atoms with van der Waals surface area (Å²) in [6, 6.07) is 5.11. The molecule has 2 heterocycles. The summed E-state index contributed by atoms with van der Waals surface area (Å²) < 4.78 is 67.4. The molecule has 0 radical (unpaired) electrons. The molecule has 0 saturated heterocycles. The Hall–Kier alpha value is -3.16. The van der Waals surface area contributed by atoms with E-state index >= 15 is 0 Å². The number of benzene rings is 1. The Morgan fingerprint density at radius 3 is 2.37 bits per heavy atom. The molecule has 1 aromatic carbocycles. The number of halogens is 8. The first-order valence-electron chi connectivity index (χ1n) is 8.96. The van der Waals surface area contributed by atoms with Crippen molar-refractivity contribution < 1.29 is 36.3 Å². The number of rotatable bonds is 7. The molecule has 0 aliphatic carbocycles. The van der Waals surface area contributed by atoms with Crippen LogP contribution in [0.3, 0.4) is 0 Å². The summed E-state index contributed by atoms with van der Waals surface area (Å²) in [6.07, 6.45) is -3.26. The monoisotopic (exact) mass is 561 g/mol. The van der Waals surface area contributed by atoms with Gasteiger partial charge in [0.1, 0.15) is 5.69 Å². The van der Waals surface area contributed by atoms with Crippen molar-refractivity contribution in [2.45, 2.75) is 12.7 Å². The zero-order valence-electron chi connectivity index (χ0n) is 17.1. The van der Waals surface area contributed by atoms with Crippen LogP contribution in [0.1, 0.15) is 26.4 Å². The second-order valence-corrected chi connectivity index (χ2v) is 6.87. The van der Waals surface area contributed by atoms with Crippen LogP contribution in [0.2, 0.25) is 5.02 Å². The van der Waals surface area contributed by atoms with Crippen LogP contribution in [-0.2, 0) is 6.54 Å². The van der Waals surface area contributed by atoms with Crippen LogP contribution in [0.15, 0.2) is 36.5 Å². The molecule has 35 heavy (non-hydrogen) atoms. The summed E-state index contributed by atoms with van der Waals surface area (Å²) in [5, 5.41) is 10.6. The van der Waals surface area contributed by atoms with Crippen LogP contribution in [0.5, 0.6) is 5.88 Å². The molecular formula is C19H15Cl3F5N5O3. The minimum atomic E-state index is -4.49. The lowest BCUT2D eigenvalue weighted by atomic mass is 10.2. The number of aromatic amines is 1. The predicted molar refractivity (Wildman–Crippen MR) is 119 cm³/mol. The maximum Gasteiger partial charge on any atom is 0.422 e. The van der Waals surface area contributed by atoms with Crippen molar-refractivity contribution >= 4 is 54.0 Å². The second kappa shape index (κ2) is 12.5. The third-order valence-corrected chi connectivity index (χ3v) is 4.27. The van der Waals surface area contributed by atoms with E-state index < -0.39 is 36.2 Å². The van der Waals surface area contributed by atoms with Crippen LogP contribution < -0.4 is 15.4 Å². The van der Waals surface area contributed by atoms with Gasteiger partial charge in [-0.1, -0.05) is 17.7 Å². The molecule has 0 atom stereocenters. The Balaban J connectivity index is 0.00000306. The Morgan fingerprint density at radius 1 is 1.06 bits per heavy atom.